The Kier molecular flexibility index (Phi) is 5.49. The van der Waals surface area contributed by atoms with Gasteiger partial charge in [-0.15, -0.1) is 11.8 Å². The molecule has 110 valence electrons. The van der Waals surface area contributed by atoms with Crippen LogP contribution in [0.1, 0.15) is 30.9 Å². The molecule has 1 aromatic rings. The third-order valence-corrected chi connectivity index (χ3v) is 4.57. The number of rotatable bonds is 7. The number of carbonyl (C=O) groups is 1. The maximum Gasteiger partial charge on any atom is 0.324 e. The highest BCUT2D eigenvalue weighted by Crippen LogP contribution is 2.24. The Hall–Kier alpha value is -1.00. The molecule has 0 saturated heterocycles. The first-order valence-electron chi connectivity index (χ1n) is 7.23. The van der Waals surface area contributed by atoms with Crippen molar-refractivity contribution in [3.05, 3.63) is 29.3 Å². The van der Waals surface area contributed by atoms with Gasteiger partial charge in [0, 0.05) is 16.7 Å². The van der Waals surface area contributed by atoms with Crippen LogP contribution < -0.4 is 5.32 Å². The normalized spacial score (nSPS) is 15.9. The fourth-order valence-electron chi connectivity index (χ4n) is 1.94. The summed E-state index contributed by atoms with van der Waals surface area (Å²) in [6.45, 7) is 6.52. The Morgan fingerprint density at radius 1 is 1.40 bits per heavy atom. The van der Waals surface area contributed by atoms with Crippen molar-refractivity contribution in [3.8, 4) is 0 Å². The van der Waals surface area contributed by atoms with Gasteiger partial charge >= 0.3 is 5.97 Å². The first-order chi connectivity index (χ1) is 9.60. The van der Waals surface area contributed by atoms with E-state index in [0.29, 0.717) is 12.6 Å². The molecule has 20 heavy (non-hydrogen) atoms. The van der Waals surface area contributed by atoms with E-state index in [-0.39, 0.29) is 12.0 Å². The molecule has 1 N–H and O–H groups in total. The summed E-state index contributed by atoms with van der Waals surface area (Å²) in [6, 6.07) is 6.73. The first-order valence-corrected chi connectivity index (χ1v) is 8.21. The summed E-state index contributed by atoms with van der Waals surface area (Å²) in [5.41, 5.74) is 2.59. The maximum atomic E-state index is 12.0. The molecule has 4 heteroatoms. The van der Waals surface area contributed by atoms with E-state index in [9.17, 15) is 4.79 Å². The van der Waals surface area contributed by atoms with Crippen LogP contribution in [-0.4, -0.2) is 30.4 Å². The zero-order valence-corrected chi connectivity index (χ0v) is 13.3. The maximum absolute atomic E-state index is 12.0. The second-order valence-corrected chi connectivity index (χ2v) is 6.40. The average Bonchev–Trinajstić information content (AvgIpc) is 3.22. The van der Waals surface area contributed by atoms with Crippen molar-refractivity contribution >= 4 is 17.7 Å². The molecule has 3 nitrogen and oxygen atoms in total. The summed E-state index contributed by atoms with van der Waals surface area (Å²) in [6.07, 6.45) is 2.34. The Bertz CT molecular complexity index is 472. The van der Waals surface area contributed by atoms with Crippen LogP contribution in [0.15, 0.2) is 23.1 Å². The van der Waals surface area contributed by atoms with Gasteiger partial charge in [-0.2, -0.15) is 0 Å². The van der Waals surface area contributed by atoms with Gasteiger partial charge in [0.25, 0.3) is 0 Å². The van der Waals surface area contributed by atoms with Crippen molar-refractivity contribution in [2.45, 2.75) is 50.6 Å². The van der Waals surface area contributed by atoms with Crippen molar-refractivity contribution < 1.29 is 9.53 Å². The van der Waals surface area contributed by atoms with Crippen molar-refractivity contribution in [2.24, 2.45) is 0 Å². The number of benzene rings is 1. The van der Waals surface area contributed by atoms with Gasteiger partial charge in [-0.05, 0) is 56.9 Å². The molecule has 0 amide bonds. The second-order valence-electron chi connectivity index (χ2n) is 5.30. The fraction of sp³-hybridized carbons (Fsp3) is 0.562. The van der Waals surface area contributed by atoms with Crippen LogP contribution in [0.25, 0.3) is 0 Å². The van der Waals surface area contributed by atoms with Crippen LogP contribution in [0.4, 0.5) is 0 Å². The lowest BCUT2D eigenvalue weighted by atomic mass is 10.1. The van der Waals surface area contributed by atoms with Crippen LogP contribution in [0.3, 0.4) is 0 Å². The summed E-state index contributed by atoms with van der Waals surface area (Å²) in [5.74, 6) is 0.591. The SMILES string of the molecule is CCOC(=O)C(CSc1ccc(C)c(C)c1)NC1CC1. The zero-order chi connectivity index (χ0) is 14.5. The van der Waals surface area contributed by atoms with Crippen LogP contribution >= 0.6 is 11.8 Å². The number of hydrogen-bond acceptors (Lipinski definition) is 4. The molecule has 1 saturated carbocycles. The third kappa shape index (κ3) is 4.53. The number of nitrogens with one attached hydrogen (secondary N) is 1. The zero-order valence-electron chi connectivity index (χ0n) is 12.4. The fourth-order valence-corrected chi connectivity index (χ4v) is 2.96. The van der Waals surface area contributed by atoms with Crippen molar-refractivity contribution in [3.63, 3.8) is 0 Å². The van der Waals surface area contributed by atoms with E-state index in [0.717, 1.165) is 5.75 Å². The minimum Gasteiger partial charge on any atom is -0.465 e. The van der Waals surface area contributed by atoms with Gasteiger partial charge in [-0.3, -0.25) is 4.79 Å². The molecule has 1 unspecified atom stereocenters. The first kappa shape index (κ1) is 15.4. The van der Waals surface area contributed by atoms with E-state index in [4.69, 9.17) is 4.74 Å². The summed E-state index contributed by atoms with van der Waals surface area (Å²) in [7, 11) is 0. The lowest BCUT2D eigenvalue weighted by molar-refractivity contribution is -0.145. The molecule has 1 atom stereocenters. The van der Waals surface area contributed by atoms with E-state index < -0.39 is 0 Å². The highest BCUT2D eigenvalue weighted by Gasteiger charge is 2.29. The number of aryl methyl sites for hydroxylation is 2. The monoisotopic (exact) mass is 293 g/mol. The molecular formula is C16H23NO2S. The van der Waals surface area contributed by atoms with Gasteiger partial charge in [0.2, 0.25) is 0 Å². The van der Waals surface area contributed by atoms with Crippen LogP contribution in [0, 0.1) is 13.8 Å². The van der Waals surface area contributed by atoms with Crippen LogP contribution in [0.2, 0.25) is 0 Å². The summed E-state index contributed by atoms with van der Waals surface area (Å²) in [4.78, 5) is 13.2. The van der Waals surface area contributed by atoms with Gasteiger partial charge in [0.1, 0.15) is 6.04 Å². The minimum absolute atomic E-state index is 0.129. The number of esters is 1. The van der Waals surface area contributed by atoms with Crippen molar-refractivity contribution in [1.29, 1.82) is 0 Å². The summed E-state index contributed by atoms with van der Waals surface area (Å²) < 4.78 is 5.15. The molecule has 1 aliphatic rings. The van der Waals surface area contributed by atoms with E-state index in [2.05, 4.69) is 37.4 Å². The topological polar surface area (TPSA) is 38.3 Å². The number of hydrogen-bond donors (Lipinski definition) is 1. The van der Waals surface area contributed by atoms with Crippen molar-refractivity contribution in [2.75, 3.05) is 12.4 Å². The summed E-state index contributed by atoms with van der Waals surface area (Å²) in [5, 5.41) is 3.38. The molecule has 2 rings (SSSR count). The highest BCUT2D eigenvalue weighted by molar-refractivity contribution is 7.99. The Morgan fingerprint density at radius 2 is 2.15 bits per heavy atom. The number of carbonyl (C=O) groups excluding carboxylic acids is 1. The number of ether oxygens (including phenoxy) is 1. The molecular weight excluding hydrogens is 270 g/mol. The van der Waals surface area contributed by atoms with E-state index >= 15 is 0 Å². The van der Waals surface area contributed by atoms with Crippen LogP contribution in [-0.2, 0) is 9.53 Å². The molecule has 0 radical (unpaired) electrons. The standard InChI is InChI=1S/C16H23NO2S/c1-4-19-16(18)15(17-13-6-7-13)10-20-14-8-5-11(2)12(3)9-14/h5,8-9,13,15,17H,4,6-7,10H2,1-3H3. The predicted molar refractivity (Wildman–Crippen MR) is 83.2 cm³/mol. The van der Waals surface area contributed by atoms with Gasteiger partial charge in [-0.25, -0.2) is 0 Å². The largest absolute Gasteiger partial charge is 0.465 e. The second kappa shape index (κ2) is 7.14. The Labute approximate surface area is 125 Å². The number of thioether (sulfide) groups is 1. The van der Waals surface area contributed by atoms with Gasteiger partial charge < -0.3 is 10.1 Å². The molecule has 0 spiro atoms. The molecule has 1 aromatic carbocycles. The van der Waals surface area contributed by atoms with Crippen LogP contribution in [0.5, 0.6) is 0 Å². The van der Waals surface area contributed by atoms with E-state index in [1.54, 1.807) is 11.8 Å². The van der Waals surface area contributed by atoms with Gasteiger partial charge in [0.05, 0.1) is 6.61 Å². The lowest BCUT2D eigenvalue weighted by Gasteiger charge is -2.16. The summed E-state index contributed by atoms with van der Waals surface area (Å²) >= 11 is 1.71. The quantitative estimate of drug-likeness (QED) is 0.619. The third-order valence-electron chi connectivity index (χ3n) is 3.48. The molecule has 0 heterocycles. The Morgan fingerprint density at radius 3 is 2.75 bits per heavy atom. The Balaban J connectivity index is 1.92. The molecule has 0 bridgehead atoms. The highest BCUT2D eigenvalue weighted by atomic mass is 32.2. The molecule has 0 aromatic heterocycles. The van der Waals surface area contributed by atoms with Gasteiger partial charge in [-0.1, -0.05) is 6.07 Å². The predicted octanol–water partition coefficient (Wildman–Crippen LogP) is 3.08. The van der Waals surface area contributed by atoms with E-state index in [1.807, 2.05) is 6.92 Å². The molecule has 1 aliphatic carbocycles. The lowest BCUT2D eigenvalue weighted by Crippen LogP contribution is -2.41. The van der Waals surface area contributed by atoms with Gasteiger partial charge in [0.15, 0.2) is 0 Å². The molecule has 1 fully saturated rings. The van der Waals surface area contributed by atoms with E-state index in [1.165, 1.54) is 28.9 Å². The van der Waals surface area contributed by atoms with Crippen molar-refractivity contribution in [1.82, 2.24) is 5.32 Å². The average molecular weight is 293 g/mol. The molecule has 0 aliphatic heterocycles. The minimum atomic E-state index is -0.200. The smallest absolute Gasteiger partial charge is 0.324 e.